The molecule has 3 N–H and O–H groups in total. The Kier molecular flexibility index (Phi) is 4.04. The minimum atomic E-state index is -0.522. The first-order valence-electron chi connectivity index (χ1n) is 8.43. The second kappa shape index (κ2) is 6.51. The van der Waals surface area contributed by atoms with E-state index in [1.165, 1.54) is 6.33 Å². The number of hydrazine groups is 1. The minimum Gasteiger partial charge on any atom is -0.450 e. The van der Waals surface area contributed by atoms with E-state index in [4.69, 9.17) is 4.74 Å². The van der Waals surface area contributed by atoms with Gasteiger partial charge in [0.2, 0.25) is 5.91 Å². The van der Waals surface area contributed by atoms with E-state index in [1.807, 2.05) is 12.1 Å². The van der Waals surface area contributed by atoms with Crippen LogP contribution in [-0.4, -0.2) is 45.1 Å². The number of hydrogen-bond acceptors (Lipinski definition) is 6. The number of ether oxygens (including phenoxy) is 1. The first-order chi connectivity index (χ1) is 12.7. The van der Waals surface area contributed by atoms with Crippen molar-refractivity contribution in [1.82, 2.24) is 20.0 Å². The number of H-pyrrole nitrogens is 1. The Morgan fingerprint density at radius 1 is 1.38 bits per heavy atom. The number of nitrogens with zero attached hydrogens (tertiary/aromatic N) is 3. The van der Waals surface area contributed by atoms with Gasteiger partial charge in [-0.15, -0.1) is 0 Å². The summed E-state index contributed by atoms with van der Waals surface area (Å²) in [7, 11) is 0. The summed E-state index contributed by atoms with van der Waals surface area (Å²) in [6.45, 7) is 2.68. The van der Waals surface area contributed by atoms with Crippen LogP contribution in [0.1, 0.15) is 19.8 Å². The highest BCUT2D eigenvalue weighted by Gasteiger charge is 2.22. The zero-order valence-corrected chi connectivity index (χ0v) is 14.2. The number of para-hydroxylation sites is 1. The third-order valence-electron chi connectivity index (χ3n) is 4.25. The summed E-state index contributed by atoms with van der Waals surface area (Å²) in [5, 5.41) is 5.89. The number of rotatable bonds is 4. The monoisotopic (exact) mass is 354 g/mol. The molecular formula is C17H18N6O3. The summed E-state index contributed by atoms with van der Waals surface area (Å²) in [6, 6.07) is 5.51. The molecule has 1 saturated heterocycles. The number of benzene rings is 1. The van der Waals surface area contributed by atoms with E-state index < -0.39 is 6.09 Å². The van der Waals surface area contributed by atoms with Gasteiger partial charge in [-0.05, 0) is 19.4 Å². The largest absolute Gasteiger partial charge is 0.450 e. The van der Waals surface area contributed by atoms with Crippen LogP contribution in [0.5, 0.6) is 0 Å². The maximum absolute atomic E-state index is 11.9. The molecule has 1 aliphatic heterocycles. The fourth-order valence-electron chi connectivity index (χ4n) is 3.11. The summed E-state index contributed by atoms with van der Waals surface area (Å²) in [5.74, 6) is 0.589. The molecule has 1 aliphatic rings. The average Bonchev–Trinajstić information content (AvgIpc) is 3.20. The van der Waals surface area contributed by atoms with Crippen molar-refractivity contribution in [3.05, 3.63) is 24.5 Å². The van der Waals surface area contributed by atoms with Crippen LogP contribution >= 0.6 is 0 Å². The Labute approximate surface area is 148 Å². The van der Waals surface area contributed by atoms with Crippen LogP contribution in [0.3, 0.4) is 0 Å². The normalized spacial score (nSPS) is 14.2. The van der Waals surface area contributed by atoms with Gasteiger partial charge in [0, 0.05) is 18.4 Å². The number of fused-ring (bicyclic) bond motifs is 3. The summed E-state index contributed by atoms with van der Waals surface area (Å²) in [4.78, 5) is 35.5. The third kappa shape index (κ3) is 2.77. The first-order valence-corrected chi connectivity index (χ1v) is 8.43. The molecule has 9 nitrogen and oxygen atoms in total. The highest BCUT2D eigenvalue weighted by molar-refractivity contribution is 6.15. The number of aromatic amines is 1. The maximum atomic E-state index is 11.9. The van der Waals surface area contributed by atoms with E-state index >= 15 is 0 Å². The maximum Gasteiger partial charge on any atom is 0.411 e. The van der Waals surface area contributed by atoms with Crippen molar-refractivity contribution in [1.29, 1.82) is 0 Å². The van der Waals surface area contributed by atoms with E-state index in [9.17, 15) is 9.59 Å². The van der Waals surface area contributed by atoms with Crippen molar-refractivity contribution in [2.75, 3.05) is 23.9 Å². The summed E-state index contributed by atoms with van der Waals surface area (Å²) in [5.41, 5.74) is 5.01. The molecule has 0 spiro atoms. The molecule has 0 saturated carbocycles. The van der Waals surface area contributed by atoms with E-state index in [-0.39, 0.29) is 12.5 Å². The van der Waals surface area contributed by atoms with Crippen LogP contribution in [0.2, 0.25) is 0 Å². The fraction of sp³-hybridized carbons (Fsp3) is 0.294. The zero-order chi connectivity index (χ0) is 18.1. The van der Waals surface area contributed by atoms with E-state index in [0.29, 0.717) is 35.6 Å². The lowest BCUT2D eigenvalue weighted by Crippen LogP contribution is -2.31. The topological polar surface area (TPSA) is 112 Å². The number of nitrogens with one attached hydrogen (secondary N) is 3. The second-order valence-electron chi connectivity index (χ2n) is 5.91. The molecule has 1 fully saturated rings. The highest BCUT2D eigenvalue weighted by Crippen LogP contribution is 2.33. The van der Waals surface area contributed by atoms with E-state index in [0.717, 1.165) is 17.2 Å². The molecule has 2 aromatic heterocycles. The summed E-state index contributed by atoms with van der Waals surface area (Å²) in [6.07, 6.45) is 2.26. The number of hydrogen-bond donors (Lipinski definition) is 3. The molecule has 26 heavy (non-hydrogen) atoms. The quantitative estimate of drug-likeness (QED) is 0.664. The SMILES string of the molecule is CCOC(=O)Nc1cccc2c1[nH]c1ncnc(NN3CCCC3=O)c12. The van der Waals surface area contributed by atoms with E-state index in [2.05, 4.69) is 25.7 Å². The number of carbonyl (C=O) groups is 2. The molecule has 0 radical (unpaired) electrons. The number of anilines is 2. The van der Waals surface area contributed by atoms with Crippen LogP contribution in [0.25, 0.3) is 21.9 Å². The smallest absolute Gasteiger partial charge is 0.411 e. The van der Waals surface area contributed by atoms with Crippen molar-refractivity contribution in [2.45, 2.75) is 19.8 Å². The van der Waals surface area contributed by atoms with Gasteiger partial charge in [0.25, 0.3) is 0 Å². The van der Waals surface area contributed by atoms with Gasteiger partial charge < -0.3 is 9.72 Å². The van der Waals surface area contributed by atoms with Gasteiger partial charge >= 0.3 is 6.09 Å². The Hall–Kier alpha value is -3.36. The molecule has 0 aliphatic carbocycles. The van der Waals surface area contributed by atoms with Crippen LogP contribution in [0.4, 0.5) is 16.3 Å². The molecule has 3 heterocycles. The van der Waals surface area contributed by atoms with Crippen LogP contribution in [0.15, 0.2) is 24.5 Å². The Bertz CT molecular complexity index is 999. The van der Waals surface area contributed by atoms with Gasteiger partial charge in [-0.3, -0.25) is 20.5 Å². The molecule has 9 heteroatoms. The predicted molar refractivity (Wildman–Crippen MR) is 96.6 cm³/mol. The molecule has 0 atom stereocenters. The molecule has 3 aromatic rings. The van der Waals surface area contributed by atoms with Crippen molar-refractivity contribution >= 4 is 45.4 Å². The molecular weight excluding hydrogens is 336 g/mol. The fourth-order valence-corrected chi connectivity index (χ4v) is 3.11. The van der Waals surface area contributed by atoms with Gasteiger partial charge in [0.1, 0.15) is 12.0 Å². The molecule has 2 amide bonds. The molecule has 4 rings (SSSR count). The van der Waals surface area contributed by atoms with Crippen molar-refractivity contribution in [2.24, 2.45) is 0 Å². The second-order valence-corrected chi connectivity index (χ2v) is 5.91. The summed E-state index contributed by atoms with van der Waals surface area (Å²) >= 11 is 0. The highest BCUT2D eigenvalue weighted by atomic mass is 16.5. The summed E-state index contributed by atoms with van der Waals surface area (Å²) < 4.78 is 4.94. The van der Waals surface area contributed by atoms with Gasteiger partial charge in [0.05, 0.1) is 23.2 Å². The van der Waals surface area contributed by atoms with Gasteiger partial charge in [0.15, 0.2) is 5.82 Å². The lowest BCUT2D eigenvalue weighted by Gasteiger charge is -2.17. The molecule has 0 bridgehead atoms. The third-order valence-corrected chi connectivity index (χ3v) is 4.25. The standard InChI is InChI=1S/C17H18N6O3/c1-2-26-17(25)20-11-6-3-5-10-13-15(21-14(10)11)18-9-19-16(13)22-23-8-4-7-12(23)24/h3,5-6,9H,2,4,7-8H2,1H3,(H,20,25)(H2,18,19,21,22). The van der Waals surface area contributed by atoms with Crippen LogP contribution in [-0.2, 0) is 9.53 Å². The van der Waals surface area contributed by atoms with Gasteiger partial charge in [-0.2, -0.15) is 0 Å². The molecule has 0 unspecified atom stereocenters. The van der Waals surface area contributed by atoms with E-state index in [1.54, 1.807) is 18.0 Å². The predicted octanol–water partition coefficient (Wildman–Crippen LogP) is 2.63. The zero-order valence-electron chi connectivity index (χ0n) is 14.2. The molecule has 1 aromatic carbocycles. The first kappa shape index (κ1) is 16.1. The van der Waals surface area contributed by atoms with Gasteiger partial charge in [-0.1, -0.05) is 12.1 Å². The Morgan fingerprint density at radius 3 is 3.04 bits per heavy atom. The van der Waals surface area contributed by atoms with Gasteiger partial charge in [-0.25, -0.2) is 14.8 Å². The van der Waals surface area contributed by atoms with Crippen LogP contribution < -0.4 is 10.7 Å². The Balaban J connectivity index is 1.78. The van der Waals surface area contributed by atoms with Crippen molar-refractivity contribution < 1.29 is 14.3 Å². The number of amides is 2. The average molecular weight is 354 g/mol. The lowest BCUT2D eigenvalue weighted by molar-refractivity contribution is -0.126. The number of aromatic nitrogens is 3. The minimum absolute atomic E-state index is 0.0428. The van der Waals surface area contributed by atoms with Crippen molar-refractivity contribution in [3.63, 3.8) is 0 Å². The lowest BCUT2D eigenvalue weighted by atomic mass is 10.2. The Morgan fingerprint density at radius 2 is 2.27 bits per heavy atom. The molecule has 134 valence electrons. The van der Waals surface area contributed by atoms with Crippen molar-refractivity contribution in [3.8, 4) is 0 Å². The van der Waals surface area contributed by atoms with Crippen LogP contribution in [0, 0.1) is 0 Å². The number of carbonyl (C=O) groups excluding carboxylic acids is 2.